The lowest BCUT2D eigenvalue weighted by molar-refractivity contribution is -0.137. The smallest absolute Gasteiger partial charge is 0.332 e. The molecular formula is C25H32ClFN6O3. The van der Waals surface area contributed by atoms with Gasteiger partial charge < -0.3 is 9.80 Å². The van der Waals surface area contributed by atoms with Crippen LogP contribution in [0.4, 0.5) is 10.3 Å². The number of hydrogen-bond acceptors (Lipinski definition) is 5. The van der Waals surface area contributed by atoms with Crippen LogP contribution in [0.25, 0.3) is 11.2 Å². The van der Waals surface area contributed by atoms with Crippen molar-refractivity contribution in [3.05, 3.63) is 55.4 Å². The summed E-state index contributed by atoms with van der Waals surface area (Å²) in [6.07, 6.45) is 1.50. The van der Waals surface area contributed by atoms with Crippen molar-refractivity contribution in [3.8, 4) is 0 Å². The molecule has 2 aromatic heterocycles. The van der Waals surface area contributed by atoms with Crippen LogP contribution in [0.2, 0.25) is 5.02 Å². The number of amides is 1. The molecule has 1 amide bonds. The fraction of sp³-hybridized carbons (Fsp3) is 0.520. The summed E-state index contributed by atoms with van der Waals surface area (Å²) in [4.78, 5) is 47.6. The summed E-state index contributed by atoms with van der Waals surface area (Å²) < 4.78 is 18.7. The van der Waals surface area contributed by atoms with E-state index >= 15 is 0 Å². The number of benzene rings is 1. The fourth-order valence-corrected chi connectivity index (χ4v) is 5.26. The quantitative estimate of drug-likeness (QED) is 0.501. The molecule has 1 fully saturated rings. The lowest BCUT2D eigenvalue weighted by atomic mass is 9.96. The number of imidazole rings is 1. The Bertz CT molecular complexity index is 1410. The largest absolute Gasteiger partial charge is 0.341 e. The molecule has 0 aliphatic carbocycles. The maximum absolute atomic E-state index is 14.8. The van der Waals surface area contributed by atoms with Gasteiger partial charge in [0, 0.05) is 50.4 Å². The number of hydrogen-bond donors (Lipinski definition) is 0. The van der Waals surface area contributed by atoms with Crippen molar-refractivity contribution in [2.75, 3.05) is 24.5 Å². The zero-order valence-electron chi connectivity index (χ0n) is 21.3. The van der Waals surface area contributed by atoms with Crippen molar-refractivity contribution < 1.29 is 9.18 Å². The van der Waals surface area contributed by atoms with Crippen molar-refractivity contribution in [3.63, 3.8) is 0 Å². The summed E-state index contributed by atoms with van der Waals surface area (Å²) in [7, 11) is 2.95. The van der Waals surface area contributed by atoms with Gasteiger partial charge in [-0.3, -0.25) is 23.3 Å². The van der Waals surface area contributed by atoms with Crippen LogP contribution in [0.5, 0.6) is 0 Å². The molecule has 0 spiro atoms. The molecule has 1 aromatic carbocycles. The number of halogens is 2. The van der Waals surface area contributed by atoms with Gasteiger partial charge in [-0.1, -0.05) is 17.7 Å². The number of rotatable bonds is 6. The van der Waals surface area contributed by atoms with Gasteiger partial charge in [-0.2, -0.15) is 4.98 Å². The molecule has 194 valence electrons. The first-order valence-electron chi connectivity index (χ1n) is 12.2. The molecule has 1 aliphatic heterocycles. The van der Waals surface area contributed by atoms with Crippen LogP contribution < -0.4 is 16.1 Å². The fourth-order valence-electron chi connectivity index (χ4n) is 5.04. The number of aryl methyl sites for hydroxylation is 1. The van der Waals surface area contributed by atoms with Gasteiger partial charge in [0.25, 0.3) is 5.56 Å². The number of anilines is 1. The molecule has 1 atom stereocenters. The summed E-state index contributed by atoms with van der Waals surface area (Å²) in [6, 6.07) is 4.51. The van der Waals surface area contributed by atoms with Crippen LogP contribution >= 0.6 is 11.6 Å². The van der Waals surface area contributed by atoms with Crippen LogP contribution in [0.3, 0.4) is 0 Å². The van der Waals surface area contributed by atoms with E-state index < -0.39 is 17.1 Å². The number of piperidine rings is 1. The maximum Gasteiger partial charge on any atom is 0.332 e. The number of fused-ring (bicyclic) bond motifs is 1. The molecule has 0 N–H and O–H groups in total. The van der Waals surface area contributed by atoms with Gasteiger partial charge in [0.1, 0.15) is 5.82 Å². The first-order valence-corrected chi connectivity index (χ1v) is 12.6. The normalized spacial score (nSPS) is 16.2. The van der Waals surface area contributed by atoms with Gasteiger partial charge in [0.15, 0.2) is 11.2 Å². The topological polar surface area (TPSA) is 85.4 Å². The number of aromatic nitrogens is 4. The molecule has 0 radical (unpaired) electrons. The van der Waals surface area contributed by atoms with Crippen molar-refractivity contribution in [2.45, 2.75) is 46.2 Å². The van der Waals surface area contributed by atoms with E-state index in [0.29, 0.717) is 25.6 Å². The maximum atomic E-state index is 14.8. The molecule has 9 nitrogen and oxygen atoms in total. The Balaban J connectivity index is 1.86. The molecule has 0 bridgehead atoms. The summed E-state index contributed by atoms with van der Waals surface area (Å²) in [6.45, 7) is 7.55. The molecule has 1 saturated heterocycles. The third-order valence-corrected chi connectivity index (χ3v) is 7.36. The van der Waals surface area contributed by atoms with Crippen LogP contribution in [0.15, 0.2) is 27.8 Å². The van der Waals surface area contributed by atoms with Crippen LogP contribution in [-0.2, 0) is 25.4 Å². The zero-order chi connectivity index (χ0) is 26.3. The summed E-state index contributed by atoms with van der Waals surface area (Å²) >= 11 is 6.33. The highest BCUT2D eigenvalue weighted by atomic mass is 35.5. The van der Waals surface area contributed by atoms with Crippen molar-refractivity contribution in [1.82, 2.24) is 23.6 Å². The second kappa shape index (κ2) is 10.1. The van der Waals surface area contributed by atoms with Gasteiger partial charge in [-0.15, -0.1) is 0 Å². The summed E-state index contributed by atoms with van der Waals surface area (Å²) in [5.41, 5.74) is -0.427. The monoisotopic (exact) mass is 518 g/mol. The second-order valence-electron chi connectivity index (χ2n) is 9.58. The highest BCUT2D eigenvalue weighted by molar-refractivity contribution is 6.31. The molecule has 4 rings (SSSR count). The number of carbonyl (C=O) groups is 1. The zero-order valence-corrected chi connectivity index (χ0v) is 22.0. The minimum absolute atomic E-state index is 0.0486. The minimum Gasteiger partial charge on any atom is -0.341 e. The van der Waals surface area contributed by atoms with Crippen LogP contribution in [0, 0.1) is 11.7 Å². The van der Waals surface area contributed by atoms with Gasteiger partial charge >= 0.3 is 5.69 Å². The highest BCUT2D eigenvalue weighted by Gasteiger charge is 2.33. The SMILES string of the molecule is CCN(C(=O)C1CCCN(c2nc3c(c(=O)n(C)c(=O)n3C)n2Cc2c(F)cccc2Cl)C1)C(C)C. The predicted octanol–water partition coefficient (Wildman–Crippen LogP) is 2.75. The second-order valence-corrected chi connectivity index (χ2v) is 9.99. The Morgan fingerprint density at radius 2 is 1.97 bits per heavy atom. The van der Waals surface area contributed by atoms with Gasteiger partial charge in [-0.25, -0.2) is 9.18 Å². The first kappa shape index (κ1) is 25.9. The minimum atomic E-state index is -0.527. The molecule has 1 unspecified atom stereocenters. The van der Waals surface area contributed by atoms with Crippen molar-refractivity contribution in [2.24, 2.45) is 20.0 Å². The summed E-state index contributed by atoms with van der Waals surface area (Å²) in [5, 5.41) is 0.228. The predicted molar refractivity (Wildman–Crippen MR) is 138 cm³/mol. The molecule has 3 aromatic rings. The lowest BCUT2D eigenvalue weighted by Gasteiger charge is -2.36. The van der Waals surface area contributed by atoms with Crippen molar-refractivity contribution in [1.29, 1.82) is 0 Å². The van der Waals surface area contributed by atoms with Gasteiger partial charge in [0.2, 0.25) is 11.9 Å². The van der Waals surface area contributed by atoms with E-state index in [-0.39, 0.29) is 46.2 Å². The molecule has 36 heavy (non-hydrogen) atoms. The average molecular weight is 519 g/mol. The van der Waals surface area contributed by atoms with Gasteiger partial charge in [-0.05, 0) is 45.7 Å². The van der Waals surface area contributed by atoms with E-state index in [1.165, 1.54) is 23.7 Å². The third-order valence-electron chi connectivity index (χ3n) is 7.01. The van der Waals surface area contributed by atoms with E-state index in [4.69, 9.17) is 16.6 Å². The number of carbonyl (C=O) groups excluding carboxylic acids is 1. The molecule has 1 aliphatic rings. The molecular weight excluding hydrogens is 487 g/mol. The van der Waals surface area contributed by atoms with E-state index in [1.807, 2.05) is 30.6 Å². The molecule has 0 saturated carbocycles. The highest BCUT2D eigenvalue weighted by Crippen LogP contribution is 2.29. The Morgan fingerprint density at radius 3 is 2.61 bits per heavy atom. The van der Waals surface area contributed by atoms with Crippen LogP contribution in [0.1, 0.15) is 39.2 Å². The first-order chi connectivity index (χ1) is 17.1. The Kier molecular flexibility index (Phi) is 7.26. The van der Waals surface area contributed by atoms with E-state index in [0.717, 1.165) is 17.4 Å². The lowest BCUT2D eigenvalue weighted by Crippen LogP contribution is -2.47. The third kappa shape index (κ3) is 4.42. The Labute approximate surface area is 213 Å². The Hall–Kier alpha value is -3.14. The van der Waals surface area contributed by atoms with E-state index in [9.17, 15) is 18.8 Å². The summed E-state index contributed by atoms with van der Waals surface area (Å²) in [5.74, 6) is -0.245. The average Bonchev–Trinajstić information content (AvgIpc) is 3.23. The van der Waals surface area contributed by atoms with Crippen LogP contribution in [-0.4, -0.2) is 55.2 Å². The van der Waals surface area contributed by atoms with Gasteiger partial charge in [0.05, 0.1) is 12.5 Å². The Morgan fingerprint density at radius 1 is 1.25 bits per heavy atom. The molecule has 3 heterocycles. The van der Waals surface area contributed by atoms with E-state index in [1.54, 1.807) is 17.7 Å². The van der Waals surface area contributed by atoms with E-state index in [2.05, 4.69) is 0 Å². The molecule has 11 heteroatoms. The van der Waals surface area contributed by atoms with Crippen molar-refractivity contribution >= 4 is 34.6 Å². The number of nitrogens with zero attached hydrogens (tertiary/aromatic N) is 6. The standard InChI is InChI=1S/C25H32ClFN6O3/c1-6-32(15(2)3)22(34)16-9-8-12-31(13-16)24-28-21-20(23(35)30(5)25(36)29(21)4)33(24)14-17-18(26)10-7-11-19(17)27/h7,10-11,15-16H,6,8-9,12-14H2,1-5H3.